The minimum atomic E-state index is -4.71. The molecular weight excluding hydrogens is 503 g/mol. The lowest BCUT2D eigenvalue weighted by atomic mass is 9.93. The summed E-state index contributed by atoms with van der Waals surface area (Å²) in [7, 11) is 0. The van der Waals surface area contributed by atoms with Gasteiger partial charge in [0.15, 0.2) is 5.69 Å². The van der Waals surface area contributed by atoms with Gasteiger partial charge in [0.1, 0.15) is 5.69 Å². The Hall–Kier alpha value is -3.95. The Balaban J connectivity index is 1.67. The van der Waals surface area contributed by atoms with Crippen LogP contribution in [0, 0.1) is 5.41 Å². The quantitative estimate of drug-likeness (QED) is 0.246. The van der Waals surface area contributed by atoms with E-state index in [9.17, 15) is 18.0 Å². The largest absolute Gasteiger partial charge is 0.435 e. The van der Waals surface area contributed by atoms with Crippen LogP contribution in [0.15, 0.2) is 84.9 Å². The van der Waals surface area contributed by atoms with Gasteiger partial charge >= 0.3 is 6.18 Å². The average molecular weight is 536 g/mol. The minimum Gasteiger partial charge on any atom is -0.326 e. The van der Waals surface area contributed by atoms with E-state index in [4.69, 9.17) is 5.73 Å². The Bertz CT molecular complexity index is 1420. The van der Waals surface area contributed by atoms with Gasteiger partial charge in [-0.25, -0.2) is 4.68 Å². The van der Waals surface area contributed by atoms with Crippen LogP contribution >= 0.6 is 0 Å². The van der Waals surface area contributed by atoms with Crippen LogP contribution in [0.5, 0.6) is 0 Å². The van der Waals surface area contributed by atoms with Crippen molar-refractivity contribution in [3.05, 3.63) is 113 Å². The molecule has 1 atom stereocenters. The summed E-state index contributed by atoms with van der Waals surface area (Å²) in [5.74, 6) is -0.716. The highest BCUT2D eigenvalue weighted by atomic mass is 19.4. The maximum atomic E-state index is 13.6. The maximum absolute atomic E-state index is 13.6. The number of hydrogen-bond donors (Lipinski definition) is 3. The Labute approximate surface area is 226 Å². The Morgan fingerprint density at radius 1 is 0.923 bits per heavy atom. The van der Waals surface area contributed by atoms with Crippen molar-refractivity contribution < 1.29 is 18.0 Å². The molecule has 0 bridgehead atoms. The Kier molecular flexibility index (Phi) is 8.22. The zero-order valence-corrected chi connectivity index (χ0v) is 22.1. The highest BCUT2D eigenvalue weighted by molar-refractivity contribution is 6.03. The third-order valence-electron chi connectivity index (χ3n) is 6.07. The van der Waals surface area contributed by atoms with E-state index >= 15 is 0 Å². The zero-order valence-electron chi connectivity index (χ0n) is 22.1. The molecule has 1 heterocycles. The number of anilines is 1. The summed E-state index contributed by atoms with van der Waals surface area (Å²) in [5, 5.41) is 10.1. The second kappa shape index (κ2) is 11.4. The van der Waals surface area contributed by atoms with E-state index in [-0.39, 0.29) is 23.7 Å². The van der Waals surface area contributed by atoms with E-state index in [0.29, 0.717) is 16.9 Å². The van der Waals surface area contributed by atoms with Crippen molar-refractivity contribution in [3.8, 4) is 5.69 Å². The number of halogens is 3. The standard InChI is InChI=1S/C30H32F3N5O/c1-29(2,3)19-35-27(21-10-5-4-6-11-21)22-12-8-13-23(16-22)36-28(39)25-17-26(30(31,32)33)37-38(25)24-14-7-9-20(15-24)18-34/h4-17,27,35H,18-19,34H2,1-3H3,(H,36,39). The third kappa shape index (κ3) is 7.13. The minimum absolute atomic E-state index is 0.0364. The first-order valence-electron chi connectivity index (χ1n) is 12.6. The van der Waals surface area contributed by atoms with Gasteiger partial charge in [-0.2, -0.15) is 18.3 Å². The first kappa shape index (κ1) is 28.1. The third-order valence-corrected chi connectivity index (χ3v) is 6.07. The van der Waals surface area contributed by atoms with Gasteiger partial charge in [-0.15, -0.1) is 0 Å². The number of nitrogens with zero attached hydrogens (tertiary/aromatic N) is 2. The molecule has 0 saturated carbocycles. The lowest BCUT2D eigenvalue weighted by Gasteiger charge is -2.26. The van der Waals surface area contributed by atoms with Gasteiger partial charge < -0.3 is 16.4 Å². The molecule has 1 aromatic heterocycles. The van der Waals surface area contributed by atoms with Crippen molar-refractivity contribution in [2.75, 3.05) is 11.9 Å². The summed E-state index contributed by atoms with van der Waals surface area (Å²) in [6.07, 6.45) is -4.71. The van der Waals surface area contributed by atoms with Crippen LogP contribution in [0.4, 0.5) is 18.9 Å². The fraction of sp³-hybridized carbons (Fsp3) is 0.267. The number of benzene rings is 3. The maximum Gasteiger partial charge on any atom is 0.435 e. The van der Waals surface area contributed by atoms with Crippen LogP contribution in [0.25, 0.3) is 5.69 Å². The molecule has 0 fully saturated rings. The molecule has 204 valence electrons. The van der Waals surface area contributed by atoms with Gasteiger partial charge in [-0.3, -0.25) is 4.79 Å². The molecule has 9 heteroatoms. The lowest BCUT2D eigenvalue weighted by Crippen LogP contribution is -2.31. The average Bonchev–Trinajstić information content (AvgIpc) is 3.36. The highest BCUT2D eigenvalue weighted by Gasteiger charge is 2.36. The predicted octanol–water partition coefficient (Wildman–Crippen LogP) is 6.33. The topological polar surface area (TPSA) is 85.0 Å². The van der Waals surface area contributed by atoms with E-state index in [1.807, 2.05) is 48.5 Å². The van der Waals surface area contributed by atoms with Gasteiger partial charge in [-0.1, -0.05) is 75.4 Å². The van der Waals surface area contributed by atoms with Crippen LogP contribution < -0.4 is 16.4 Å². The van der Waals surface area contributed by atoms with Crippen LogP contribution in [0.3, 0.4) is 0 Å². The highest BCUT2D eigenvalue weighted by Crippen LogP contribution is 2.31. The summed E-state index contributed by atoms with van der Waals surface area (Å²) in [6.45, 7) is 7.35. The van der Waals surface area contributed by atoms with Crippen LogP contribution in [-0.4, -0.2) is 22.2 Å². The Morgan fingerprint density at radius 2 is 1.62 bits per heavy atom. The van der Waals surface area contributed by atoms with E-state index < -0.39 is 17.8 Å². The number of nitrogens with two attached hydrogens (primary N) is 1. The first-order chi connectivity index (χ1) is 18.4. The van der Waals surface area contributed by atoms with Crippen molar-refractivity contribution >= 4 is 11.6 Å². The monoisotopic (exact) mass is 535 g/mol. The normalized spacial score (nSPS) is 12.8. The molecule has 4 N–H and O–H groups in total. The van der Waals surface area contributed by atoms with Gasteiger partial charge in [0.05, 0.1) is 11.7 Å². The number of nitrogens with one attached hydrogen (secondary N) is 2. The van der Waals surface area contributed by atoms with E-state index in [2.05, 4.69) is 36.5 Å². The lowest BCUT2D eigenvalue weighted by molar-refractivity contribution is -0.141. The summed E-state index contributed by atoms with van der Waals surface area (Å²) >= 11 is 0. The smallest absolute Gasteiger partial charge is 0.326 e. The van der Waals surface area contributed by atoms with E-state index in [1.165, 1.54) is 0 Å². The second-order valence-corrected chi connectivity index (χ2v) is 10.6. The molecule has 4 aromatic rings. The summed E-state index contributed by atoms with van der Waals surface area (Å²) in [5.41, 5.74) is 7.76. The van der Waals surface area contributed by atoms with Crippen molar-refractivity contribution in [1.82, 2.24) is 15.1 Å². The molecule has 0 spiro atoms. The summed E-state index contributed by atoms with van der Waals surface area (Å²) in [6, 6.07) is 24.4. The van der Waals surface area contributed by atoms with Gasteiger partial charge in [0, 0.05) is 24.8 Å². The summed E-state index contributed by atoms with van der Waals surface area (Å²) in [4.78, 5) is 13.3. The molecule has 4 rings (SSSR count). The van der Waals surface area contributed by atoms with Crippen molar-refractivity contribution in [3.63, 3.8) is 0 Å². The van der Waals surface area contributed by atoms with Crippen molar-refractivity contribution in [1.29, 1.82) is 0 Å². The van der Waals surface area contributed by atoms with Gasteiger partial charge in [0.25, 0.3) is 5.91 Å². The zero-order chi connectivity index (χ0) is 28.2. The molecule has 1 amide bonds. The molecule has 0 aliphatic heterocycles. The molecule has 1 unspecified atom stereocenters. The molecule has 39 heavy (non-hydrogen) atoms. The number of aromatic nitrogens is 2. The fourth-order valence-corrected chi connectivity index (χ4v) is 4.17. The van der Waals surface area contributed by atoms with Crippen LogP contribution in [0.2, 0.25) is 0 Å². The molecule has 0 saturated heterocycles. The van der Waals surface area contributed by atoms with Crippen LogP contribution in [0.1, 0.15) is 59.7 Å². The number of rotatable bonds is 8. The fourth-order valence-electron chi connectivity index (χ4n) is 4.17. The van der Waals surface area contributed by atoms with Gasteiger partial charge in [-0.05, 0) is 46.4 Å². The van der Waals surface area contributed by atoms with Crippen molar-refractivity contribution in [2.45, 2.75) is 39.5 Å². The summed E-state index contributed by atoms with van der Waals surface area (Å²) < 4.78 is 41.7. The molecule has 6 nitrogen and oxygen atoms in total. The van der Waals surface area contributed by atoms with Crippen LogP contribution in [-0.2, 0) is 12.7 Å². The van der Waals surface area contributed by atoms with E-state index in [1.54, 1.807) is 30.3 Å². The molecule has 0 radical (unpaired) electrons. The molecule has 0 aliphatic rings. The number of alkyl halides is 3. The Morgan fingerprint density at radius 3 is 2.28 bits per heavy atom. The number of amides is 1. The molecular formula is C30H32F3N5O. The number of carbonyl (C=O) groups is 1. The van der Waals surface area contributed by atoms with E-state index in [0.717, 1.165) is 28.4 Å². The first-order valence-corrected chi connectivity index (χ1v) is 12.6. The molecule has 0 aliphatic carbocycles. The SMILES string of the molecule is CC(C)(C)CNC(c1ccccc1)c1cccc(NC(=O)c2cc(C(F)(F)F)nn2-c2cccc(CN)c2)c1. The number of carbonyl (C=O) groups excluding carboxylic acids is 1. The predicted molar refractivity (Wildman–Crippen MR) is 147 cm³/mol. The molecule has 3 aromatic carbocycles. The number of hydrogen-bond acceptors (Lipinski definition) is 4. The van der Waals surface area contributed by atoms with Crippen molar-refractivity contribution in [2.24, 2.45) is 11.1 Å². The second-order valence-electron chi connectivity index (χ2n) is 10.6. The van der Waals surface area contributed by atoms with Gasteiger partial charge in [0.2, 0.25) is 0 Å².